The molecule has 2 rings (SSSR count). The first-order chi connectivity index (χ1) is 8.58. The van der Waals surface area contributed by atoms with Crippen LogP contribution in [0.15, 0.2) is 41.9 Å². The lowest BCUT2D eigenvalue weighted by atomic mass is 10.5. The predicted molar refractivity (Wildman–Crippen MR) is 66.1 cm³/mol. The molecule has 2 aromatic heterocycles. The van der Waals surface area contributed by atoms with Gasteiger partial charge in [-0.3, -0.25) is 0 Å². The molecule has 7 nitrogen and oxygen atoms in total. The second-order valence-corrected chi connectivity index (χ2v) is 5.38. The number of rotatable bonds is 5. The van der Waals surface area contributed by atoms with E-state index < -0.39 is 10.0 Å². The zero-order valence-electron chi connectivity index (χ0n) is 9.52. The Hall–Kier alpha value is -1.93. The van der Waals surface area contributed by atoms with Crippen molar-refractivity contribution in [2.75, 3.05) is 12.3 Å². The van der Waals surface area contributed by atoms with Gasteiger partial charge in [0.15, 0.2) is 0 Å². The quantitative estimate of drug-likeness (QED) is 0.783. The number of sulfonamides is 1. The Morgan fingerprint density at radius 3 is 2.83 bits per heavy atom. The number of aromatic nitrogens is 3. The largest absolute Gasteiger partial charge is 0.384 e. The van der Waals surface area contributed by atoms with Crippen LogP contribution < -0.4 is 10.5 Å². The third kappa shape index (κ3) is 3.05. The van der Waals surface area contributed by atoms with E-state index in [1.54, 1.807) is 23.3 Å². The van der Waals surface area contributed by atoms with Crippen molar-refractivity contribution in [2.24, 2.45) is 0 Å². The topological polar surface area (TPSA) is 103 Å². The Bertz CT molecular complexity index is 592. The van der Waals surface area contributed by atoms with Crippen LogP contribution in [0.5, 0.6) is 0 Å². The number of hydrogen-bond donors (Lipinski definition) is 2. The third-order valence-electron chi connectivity index (χ3n) is 2.29. The van der Waals surface area contributed by atoms with Gasteiger partial charge in [0, 0.05) is 31.7 Å². The molecule has 2 heterocycles. The van der Waals surface area contributed by atoms with Gasteiger partial charge in [0.05, 0.1) is 6.33 Å². The molecule has 0 spiro atoms. The van der Waals surface area contributed by atoms with E-state index >= 15 is 0 Å². The molecule has 0 aliphatic heterocycles. The van der Waals surface area contributed by atoms with Crippen molar-refractivity contribution in [3.8, 4) is 0 Å². The number of hydrogen-bond acceptors (Lipinski definition) is 5. The summed E-state index contributed by atoms with van der Waals surface area (Å²) < 4.78 is 28.0. The maximum absolute atomic E-state index is 11.9. The third-order valence-corrected chi connectivity index (χ3v) is 3.74. The SMILES string of the molecule is Nc1ccc(S(=O)(=O)NCCn2ccnc2)cn1. The Balaban J connectivity index is 1.97. The van der Waals surface area contributed by atoms with Crippen molar-refractivity contribution < 1.29 is 8.42 Å². The van der Waals surface area contributed by atoms with Crippen molar-refractivity contribution in [2.45, 2.75) is 11.4 Å². The van der Waals surface area contributed by atoms with E-state index in [0.29, 0.717) is 6.54 Å². The lowest BCUT2D eigenvalue weighted by molar-refractivity contribution is 0.572. The van der Waals surface area contributed by atoms with Gasteiger partial charge in [0.1, 0.15) is 10.7 Å². The molecule has 0 aliphatic rings. The molecule has 0 saturated carbocycles. The zero-order chi connectivity index (χ0) is 13.0. The van der Waals surface area contributed by atoms with E-state index in [0.717, 1.165) is 0 Å². The molecule has 0 fully saturated rings. The number of imidazole rings is 1. The average molecular weight is 267 g/mol. The smallest absolute Gasteiger partial charge is 0.242 e. The summed E-state index contributed by atoms with van der Waals surface area (Å²) in [6, 6.07) is 2.87. The van der Waals surface area contributed by atoms with Gasteiger partial charge >= 0.3 is 0 Å². The summed E-state index contributed by atoms with van der Waals surface area (Å²) in [5.74, 6) is 0.285. The molecule has 3 N–H and O–H groups in total. The highest BCUT2D eigenvalue weighted by Crippen LogP contribution is 2.08. The molecule has 0 bridgehead atoms. The van der Waals surface area contributed by atoms with Gasteiger partial charge in [-0.15, -0.1) is 0 Å². The predicted octanol–water partition coefficient (Wildman–Crippen LogP) is -0.161. The van der Waals surface area contributed by atoms with E-state index in [-0.39, 0.29) is 17.3 Å². The van der Waals surface area contributed by atoms with Crippen LogP contribution in [0.2, 0.25) is 0 Å². The molecular weight excluding hydrogens is 254 g/mol. The zero-order valence-corrected chi connectivity index (χ0v) is 10.3. The van der Waals surface area contributed by atoms with E-state index in [1.807, 2.05) is 0 Å². The van der Waals surface area contributed by atoms with E-state index in [9.17, 15) is 8.42 Å². The van der Waals surface area contributed by atoms with Gasteiger partial charge in [-0.1, -0.05) is 0 Å². The van der Waals surface area contributed by atoms with Gasteiger partial charge in [-0.05, 0) is 12.1 Å². The number of nitrogens with two attached hydrogens (primary N) is 1. The molecule has 0 radical (unpaired) electrons. The monoisotopic (exact) mass is 267 g/mol. The van der Waals surface area contributed by atoms with Crippen LogP contribution in [-0.2, 0) is 16.6 Å². The number of nitrogen functional groups attached to an aromatic ring is 1. The van der Waals surface area contributed by atoms with Crippen molar-refractivity contribution in [3.63, 3.8) is 0 Å². The molecule has 0 saturated heterocycles. The van der Waals surface area contributed by atoms with Crippen molar-refractivity contribution in [3.05, 3.63) is 37.1 Å². The minimum absolute atomic E-state index is 0.0994. The van der Waals surface area contributed by atoms with Crippen LogP contribution in [0.3, 0.4) is 0 Å². The lowest BCUT2D eigenvalue weighted by Gasteiger charge is -2.06. The average Bonchev–Trinajstić information content (AvgIpc) is 2.82. The fraction of sp³-hybridized carbons (Fsp3) is 0.200. The minimum atomic E-state index is -3.53. The first kappa shape index (κ1) is 12.5. The Kier molecular flexibility index (Phi) is 3.58. The van der Waals surface area contributed by atoms with Crippen LogP contribution in [0.4, 0.5) is 5.82 Å². The summed E-state index contributed by atoms with van der Waals surface area (Å²) in [6.07, 6.45) is 6.26. The fourth-order valence-corrected chi connectivity index (χ4v) is 2.33. The van der Waals surface area contributed by atoms with Crippen molar-refractivity contribution >= 4 is 15.8 Å². The summed E-state index contributed by atoms with van der Waals surface area (Å²) in [5, 5.41) is 0. The van der Waals surface area contributed by atoms with Crippen LogP contribution in [0, 0.1) is 0 Å². The Morgan fingerprint density at radius 1 is 1.39 bits per heavy atom. The van der Waals surface area contributed by atoms with Crippen molar-refractivity contribution in [1.82, 2.24) is 19.3 Å². The highest BCUT2D eigenvalue weighted by atomic mass is 32.2. The van der Waals surface area contributed by atoms with E-state index in [1.165, 1.54) is 18.3 Å². The molecule has 8 heteroatoms. The van der Waals surface area contributed by atoms with Gasteiger partial charge < -0.3 is 10.3 Å². The van der Waals surface area contributed by atoms with Crippen LogP contribution in [0.1, 0.15) is 0 Å². The highest BCUT2D eigenvalue weighted by molar-refractivity contribution is 7.89. The first-order valence-electron chi connectivity index (χ1n) is 5.25. The second kappa shape index (κ2) is 5.15. The molecule has 0 amide bonds. The Morgan fingerprint density at radius 2 is 2.22 bits per heavy atom. The molecule has 2 aromatic rings. The number of nitrogens with one attached hydrogen (secondary N) is 1. The summed E-state index contributed by atoms with van der Waals surface area (Å²) in [7, 11) is -3.53. The van der Waals surface area contributed by atoms with Crippen LogP contribution in [0.25, 0.3) is 0 Å². The number of nitrogens with zero attached hydrogens (tertiary/aromatic N) is 3. The fourth-order valence-electron chi connectivity index (χ4n) is 1.36. The highest BCUT2D eigenvalue weighted by Gasteiger charge is 2.13. The molecule has 96 valence electrons. The van der Waals surface area contributed by atoms with Gasteiger partial charge in [-0.2, -0.15) is 0 Å². The lowest BCUT2D eigenvalue weighted by Crippen LogP contribution is -2.27. The van der Waals surface area contributed by atoms with Crippen LogP contribution >= 0.6 is 0 Å². The summed E-state index contributed by atoms with van der Waals surface area (Å²) in [5.41, 5.74) is 5.40. The maximum Gasteiger partial charge on any atom is 0.242 e. The molecule has 0 aromatic carbocycles. The summed E-state index contributed by atoms with van der Waals surface area (Å²) in [4.78, 5) is 7.71. The molecule has 18 heavy (non-hydrogen) atoms. The normalized spacial score (nSPS) is 11.6. The molecule has 0 aliphatic carbocycles. The van der Waals surface area contributed by atoms with E-state index in [4.69, 9.17) is 5.73 Å². The van der Waals surface area contributed by atoms with Gasteiger partial charge in [0.25, 0.3) is 0 Å². The first-order valence-corrected chi connectivity index (χ1v) is 6.73. The van der Waals surface area contributed by atoms with Crippen molar-refractivity contribution in [1.29, 1.82) is 0 Å². The Labute approximate surface area is 105 Å². The number of anilines is 1. The van der Waals surface area contributed by atoms with Crippen LogP contribution in [-0.4, -0.2) is 29.5 Å². The molecule has 0 unspecified atom stereocenters. The van der Waals surface area contributed by atoms with Gasteiger partial charge in [0.2, 0.25) is 10.0 Å². The summed E-state index contributed by atoms with van der Waals surface area (Å²) in [6.45, 7) is 0.796. The van der Waals surface area contributed by atoms with E-state index in [2.05, 4.69) is 14.7 Å². The maximum atomic E-state index is 11.9. The van der Waals surface area contributed by atoms with Gasteiger partial charge in [-0.25, -0.2) is 23.1 Å². The molecular formula is C10H13N5O2S. The molecule has 0 atom stereocenters. The minimum Gasteiger partial charge on any atom is -0.384 e. The standard InChI is InChI=1S/C10H13N5O2S/c11-10-2-1-9(7-13-10)18(16,17)14-4-6-15-5-3-12-8-15/h1-3,5,7-8,14H,4,6H2,(H2,11,13). The second-order valence-electron chi connectivity index (χ2n) is 3.62. The summed E-state index contributed by atoms with van der Waals surface area (Å²) >= 11 is 0. The number of pyridine rings is 1.